The van der Waals surface area contributed by atoms with Crippen molar-refractivity contribution in [1.29, 1.82) is 0 Å². The number of alkyl halides is 3. The van der Waals surface area contributed by atoms with E-state index >= 15 is 0 Å². The molecule has 21 heavy (non-hydrogen) atoms. The van der Waals surface area contributed by atoms with Gasteiger partial charge in [-0.2, -0.15) is 13.2 Å². The molecule has 0 saturated heterocycles. The highest BCUT2D eigenvalue weighted by Gasteiger charge is 2.30. The van der Waals surface area contributed by atoms with Crippen molar-refractivity contribution < 1.29 is 22.7 Å². The maximum absolute atomic E-state index is 12.6. The second-order valence-electron chi connectivity index (χ2n) is 4.47. The standard InChI is InChI=1S/C13H16BrF3N2O2/c1-8(7-21-2)19-12(20)6-18-11-5-9(13(15,16)17)3-4-10(11)14/h3-5,8,18H,6-7H2,1-2H3,(H,19,20). The first-order valence-electron chi connectivity index (χ1n) is 6.13. The topological polar surface area (TPSA) is 50.4 Å². The lowest BCUT2D eigenvalue weighted by Gasteiger charge is -2.15. The van der Waals surface area contributed by atoms with Gasteiger partial charge in [0.15, 0.2) is 0 Å². The summed E-state index contributed by atoms with van der Waals surface area (Å²) in [6.45, 7) is 1.99. The van der Waals surface area contributed by atoms with Crippen molar-refractivity contribution in [2.75, 3.05) is 25.6 Å². The molecule has 8 heteroatoms. The third-order valence-electron chi connectivity index (χ3n) is 2.56. The van der Waals surface area contributed by atoms with E-state index in [2.05, 4.69) is 26.6 Å². The molecule has 0 bridgehead atoms. The molecule has 0 spiro atoms. The minimum absolute atomic E-state index is 0.131. The highest BCUT2D eigenvalue weighted by molar-refractivity contribution is 9.10. The summed E-state index contributed by atoms with van der Waals surface area (Å²) in [5, 5.41) is 5.32. The van der Waals surface area contributed by atoms with Crippen molar-refractivity contribution in [3.63, 3.8) is 0 Å². The van der Waals surface area contributed by atoms with Gasteiger partial charge in [0.1, 0.15) is 0 Å². The van der Waals surface area contributed by atoms with E-state index in [0.29, 0.717) is 11.1 Å². The smallest absolute Gasteiger partial charge is 0.383 e. The van der Waals surface area contributed by atoms with Crippen LogP contribution in [0.2, 0.25) is 0 Å². The number of anilines is 1. The highest BCUT2D eigenvalue weighted by atomic mass is 79.9. The van der Waals surface area contributed by atoms with Crippen molar-refractivity contribution in [3.8, 4) is 0 Å². The lowest BCUT2D eigenvalue weighted by Crippen LogP contribution is -2.39. The van der Waals surface area contributed by atoms with Crippen LogP contribution in [0.15, 0.2) is 22.7 Å². The number of hydrogen-bond acceptors (Lipinski definition) is 3. The van der Waals surface area contributed by atoms with Crippen LogP contribution in [0.1, 0.15) is 12.5 Å². The number of ether oxygens (including phenoxy) is 1. The molecule has 4 nitrogen and oxygen atoms in total. The van der Waals surface area contributed by atoms with E-state index < -0.39 is 11.7 Å². The predicted molar refractivity (Wildman–Crippen MR) is 77.1 cm³/mol. The van der Waals surface area contributed by atoms with E-state index in [1.165, 1.54) is 13.2 Å². The van der Waals surface area contributed by atoms with Crippen molar-refractivity contribution in [3.05, 3.63) is 28.2 Å². The van der Waals surface area contributed by atoms with Crippen LogP contribution >= 0.6 is 15.9 Å². The fourth-order valence-electron chi connectivity index (χ4n) is 1.63. The molecular weight excluding hydrogens is 353 g/mol. The van der Waals surface area contributed by atoms with Gasteiger partial charge in [-0.3, -0.25) is 4.79 Å². The number of methoxy groups -OCH3 is 1. The van der Waals surface area contributed by atoms with Crippen LogP contribution in [0, 0.1) is 0 Å². The third kappa shape index (κ3) is 5.92. The van der Waals surface area contributed by atoms with Crippen LogP contribution < -0.4 is 10.6 Å². The fourth-order valence-corrected chi connectivity index (χ4v) is 2.02. The average Bonchev–Trinajstić information content (AvgIpc) is 2.36. The van der Waals surface area contributed by atoms with E-state index in [-0.39, 0.29) is 24.2 Å². The molecule has 0 aliphatic heterocycles. The molecule has 0 fully saturated rings. The quantitative estimate of drug-likeness (QED) is 0.811. The highest BCUT2D eigenvalue weighted by Crippen LogP contribution is 2.33. The Hall–Kier alpha value is -1.28. The summed E-state index contributed by atoms with van der Waals surface area (Å²) in [5.41, 5.74) is -0.569. The number of benzene rings is 1. The summed E-state index contributed by atoms with van der Waals surface area (Å²) < 4.78 is 43.2. The molecule has 0 heterocycles. The summed E-state index contributed by atoms with van der Waals surface area (Å²) >= 11 is 3.14. The number of amides is 1. The first kappa shape index (κ1) is 17.8. The van der Waals surface area contributed by atoms with Gasteiger partial charge in [-0.05, 0) is 41.1 Å². The number of rotatable bonds is 6. The van der Waals surface area contributed by atoms with Crippen molar-refractivity contribution >= 4 is 27.5 Å². The van der Waals surface area contributed by atoms with Gasteiger partial charge < -0.3 is 15.4 Å². The summed E-state index contributed by atoms with van der Waals surface area (Å²) in [6.07, 6.45) is -4.42. The molecule has 0 aliphatic carbocycles. The lowest BCUT2D eigenvalue weighted by molar-refractivity contribution is -0.137. The average molecular weight is 369 g/mol. The first-order chi connectivity index (χ1) is 9.74. The molecule has 0 aliphatic rings. The van der Waals surface area contributed by atoms with Crippen molar-refractivity contribution in [1.82, 2.24) is 5.32 Å². The van der Waals surface area contributed by atoms with Gasteiger partial charge >= 0.3 is 6.18 Å². The Kier molecular flexibility index (Phi) is 6.47. The van der Waals surface area contributed by atoms with Gasteiger partial charge in [-0.15, -0.1) is 0 Å². The number of hydrogen-bond donors (Lipinski definition) is 2. The summed E-state index contributed by atoms with van der Waals surface area (Å²) in [6, 6.07) is 3.04. The maximum Gasteiger partial charge on any atom is 0.416 e. The molecule has 1 rings (SSSR count). The van der Waals surface area contributed by atoms with Crippen molar-refractivity contribution in [2.24, 2.45) is 0 Å². The van der Waals surface area contributed by atoms with Crippen LogP contribution in [0.4, 0.5) is 18.9 Å². The molecule has 1 aromatic carbocycles. The van der Waals surface area contributed by atoms with Gasteiger partial charge in [-0.25, -0.2) is 0 Å². The van der Waals surface area contributed by atoms with Crippen LogP contribution in [0.5, 0.6) is 0 Å². The third-order valence-corrected chi connectivity index (χ3v) is 3.25. The molecule has 0 radical (unpaired) electrons. The summed E-state index contributed by atoms with van der Waals surface area (Å²) in [7, 11) is 1.51. The zero-order valence-electron chi connectivity index (χ0n) is 11.6. The van der Waals surface area contributed by atoms with Crippen LogP contribution in [0.3, 0.4) is 0 Å². The Morgan fingerprint density at radius 1 is 1.43 bits per heavy atom. The molecule has 1 atom stereocenters. The molecule has 1 amide bonds. The molecule has 1 aromatic rings. The van der Waals surface area contributed by atoms with E-state index in [9.17, 15) is 18.0 Å². The monoisotopic (exact) mass is 368 g/mol. The second kappa shape index (κ2) is 7.65. The zero-order chi connectivity index (χ0) is 16.0. The minimum atomic E-state index is -4.42. The maximum atomic E-state index is 12.6. The number of nitrogens with one attached hydrogen (secondary N) is 2. The summed E-state index contributed by atoms with van der Waals surface area (Å²) in [4.78, 5) is 11.6. The van der Waals surface area contributed by atoms with Crippen LogP contribution in [-0.2, 0) is 15.7 Å². The Balaban J connectivity index is 2.65. The zero-order valence-corrected chi connectivity index (χ0v) is 13.1. The van der Waals surface area contributed by atoms with E-state index in [1.54, 1.807) is 6.92 Å². The molecule has 0 saturated carbocycles. The Morgan fingerprint density at radius 2 is 2.10 bits per heavy atom. The van der Waals surface area contributed by atoms with Gasteiger partial charge in [-0.1, -0.05) is 0 Å². The van der Waals surface area contributed by atoms with E-state index in [4.69, 9.17) is 4.74 Å². The normalized spacial score (nSPS) is 12.9. The lowest BCUT2D eigenvalue weighted by atomic mass is 10.2. The molecule has 1 unspecified atom stereocenters. The number of carbonyl (C=O) groups excluding carboxylic acids is 1. The molecule has 2 N–H and O–H groups in total. The largest absolute Gasteiger partial charge is 0.416 e. The van der Waals surface area contributed by atoms with Gasteiger partial charge in [0, 0.05) is 23.3 Å². The SMILES string of the molecule is COCC(C)NC(=O)CNc1cc(C(F)(F)F)ccc1Br. The Morgan fingerprint density at radius 3 is 2.67 bits per heavy atom. The van der Waals surface area contributed by atoms with E-state index in [0.717, 1.165) is 12.1 Å². The van der Waals surface area contributed by atoms with Gasteiger partial charge in [0.25, 0.3) is 0 Å². The van der Waals surface area contributed by atoms with E-state index in [1.807, 2.05) is 0 Å². The van der Waals surface area contributed by atoms with Crippen LogP contribution in [0.25, 0.3) is 0 Å². The predicted octanol–water partition coefficient (Wildman–Crippen LogP) is 3.03. The summed E-state index contributed by atoms with van der Waals surface area (Å²) in [5.74, 6) is -0.330. The van der Waals surface area contributed by atoms with Crippen molar-refractivity contribution in [2.45, 2.75) is 19.1 Å². The van der Waals surface area contributed by atoms with Gasteiger partial charge in [0.2, 0.25) is 5.91 Å². The fraction of sp³-hybridized carbons (Fsp3) is 0.462. The number of carbonyl (C=O) groups is 1. The molecule has 0 aromatic heterocycles. The Bertz CT molecular complexity index is 495. The first-order valence-corrected chi connectivity index (χ1v) is 6.92. The minimum Gasteiger partial charge on any atom is -0.383 e. The Labute approximate surface area is 129 Å². The molecular formula is C13H16BrF3N2O2. The number of halogens is 4. The molecule has 118 valence electrons. The van der Waals surface area contributed by atoms with Crippen LogP contribution in [-0.4, -0.2) is 32.2 Å². The second-order valence-corrected chi connectivity index (χ2v) is 5.32. The van der Waals surface area contributed by atoms with Gasteiger partial charge in [0.05, 0.1) is 18.7 Å².